The van der Waals surface area contributed by atoms with Gasteiger partial charge < -0.3 is 10.4 Å². The highest BCUT2D eigenvalue weighted by Gasteiger charge is 2.17. The number of carboxylic acids is 1. The number of hydrogen-bond donors (Lipinski definition) is 2. The number of tetrazole rings is 1. The summed E-state index contributed by atoms with van der Waals surface area (Å²) in [5, 5.41) is 21.3. The van der Waals surface area contributed by atoms with Crippen molar-refractivity contribution >= 4 is 17.6 Å². The van der Waals surface area contributed by atoms with E-state index in [1.165, 1.54) is 18.5 Å². The molecule has 0 spiro atoms. The second kappa shape index (κ2) is 5.21. The Balaban J connectivity index is 2.17. The quantitative estimate of drug-likeness (QED) is 0.814. The third-order valence-corrected chi connectivity index (χ3v) is 2.20. The third kappa shape index (κ3) is 2.89. The maximum atomic E-state index is 13.4. The monoisotopic (exact) mass is 265 g/mol. The average Bonchev–Trinajstić information content (AvgIpc) is 2.81. The van der Waals surface area contributed by atoms with Gasteiger partial charge in [0, 0.05) is 0 Å². The number of carboxylic acid groups (broad SMARTS) is 1. The van der Waals surface area contributed by atoms with Crippen molar-refractivity contribution in [3.63, 3.8) is 0 Å². The molecular formula is C10H8FN5O3. The average molecular weight is 265 g/mol. The molecule has 0 unspecified atom stereocenters. The van der Waals surface area contributed by atoms with E-state index in [4.69, 9.17) is 5.11 Å². The van der Waals surface area contributed by atoms with Crippen molar-refractivity contribution < 1.29 is 19.1 Å². The van der Waals surface area contributed by atoms with E-state index in [-0.39, 0.29) is 12.2 Å². The number of halogens is 1. The molecule has 0 aliphatic heterocycles. The van der Waals surface area contributed by atoms with Gasteiger partial charge in [-0.1, -0.05) is 6.07 Å². The number of nitrogens with one attached hydrogen (secondary N) is 1. The number of amides is 1. The Labute approximate surface area is 105 Å². The lowest BCUT2D eigenvalue weighted by atomic mass is 10.1. The Morgan fingerprint density at radius 3 is 2.84 bits per heavy atom. The molecule has 0 bridgehead atoms. The highest BCUT2D eigenvalue weighted by molar-refractivity contribution is 6.00. The fourth-order valence-corrected chi connectivity index (χ4v) is 1.44. The Morgan fingerprint density at radius 1 is 1.42 bits per heavy atom. The summed E-state index contributed by atoms with van der Waals surface area (Å²) in [6.07, 6.45) is 1.23. The smallest absolute Gasteiger partial charge is 0.340 e. The van der Waals surface area contributed by atoms with E-state index in [1.807, 2.05) is 0 Å². The predicted molar refractivity (Wildman–Crippen MR) is 59.8 cm³/mol. The van der Waals surface area contributed by atoms with Gasteiger partial charge in [-0.05, 0) is 22.6 Å². The topological polar surface area (TPSA) is 110 Å². The minimum atomic E-state index is -1.46. The number of carbonyl (C=O) groups is 2. The molecule has 2 N–H and O–H groups in total. The molecule has 9 heteroatoms. The van der Waals surface area contributed by atoms with Gasteiger partial charge in [0.05, 0.1) is 5.69 Å². The third-order valence-electron chi connectivity index (χ3n) is 2.20. The second-order valence-corrected chi connectivity index (χ2v) is 3.52. The normalized spacial score (nSPS) is 10.2. The molecule has 1 aromatic carbocycles. The van der Waals surface area contributed by atoms with Crippen molar-refractivity contribution in [3.8, 4) is 0 Å². The van der Waals surface area contributed by atoms with Crippen LogP contribution in [0.15, 0.2) is 24.5 Å². The minimum absolute atomic E-state index is 0.120. The molecule has 2 aromatic rings. The number of carbonyl (C=O) groups excluding carboxylic acids is 1. The van der Waals surface area contributed by atoms with Crippen LogP contribution < -0.4 is 5.32 Å². The summed E-state index contributed by atoms with van der Waals surface area (Å²) >= 11 is 0. The summed E-state index contributed by atoms with van der Waals surface area (Å²) < 4.78 is 14.5. The molecule has 0 saturated carbocycles. The van der Waals surface area contributed by atoms with Gasteiger partial charge in [-0.15, -0.1) is 5.10 Å². The van der Waals surface area contributed by atoms with Gasteiger partial charge in [0.25, 0.3) is 0 Å². The Hall–Kier alpha value is -2.84. The highest BCUT2D eigenvalue weighted by Crippen LogP contribution is 2.18. The first kappa shape index (κ1) is 12.6. The molecule has 2 rings (SSSR count). The fourth-order valence-electron chi connectivity index (χ4n) is 1.44. The van der Waals surface area contributed by atoms with Crippen LogP contribution in [-0.4, -0.2) is 37.2 Å². The molecular weight excluding hydrogens is 257 g/mol. The number of rotatable bonds is 4. The maximum Gasteiger partial charge on any atom is 0.340 e. The van der Waals surface area contributed by atoms with Crippen LogP contribution in [0.4, 0.5) is 10.1 Å². The lowest BCUT2D eigenvalue weighted by Crippen LogP contribution is -2.21. The van der Waals surface area contributed by atoms with Gasteiger partial charge in [-0.2, -0.15) is 0 Å². The molecule has 1 amide bonds. The molecule has 0 aliphatic rings. The summed E-state index contributed by atoms with van der Waals surface area (Å²) in [7, 11) is 0. The first-order chi connectivity index (χ1) is 9.08. The molecule has 0 fully saturated rings. The molecule has 0 aliphatic carbocycles. The van der Waals surface area contributed by atoms with Crippen LogP contribution in [0.3, 0.4) is 0 Å². The number of aromatic carboxylic acids is 1. The maximum absolute atomic E-state index is 13.4. The molecule has 19 heavy (non-hydrogen) atoms. The van der Waals surface area contributed by atoms with E-state index in [1.54, 1.807) is 0 Å². The van der Waals surface area contributed by atoms with E-state index >= 15 is 0 Å². The van der Waals surface area contributed by atoms with Crippen molar-refractivity contribution in [2.24, 2.45) is 0 Å². The SMILES string of the molecule is O=C(Cn1cnnn1)Nc1cccc(F)c1C(=O)O. The van der Waals surface area contributed by atoms with E-state index in [9.17, 15) is 14.0 Å². The number of aromatic nitrogens is 4. The van der Waals surface area contributed by atoms with Crippen LogP contribution in [0, 0.1) is 5.82 Å². The highest BCUT2D eigenvalue weighted by atomic mass is 19.1. The van der Waals surface area contributed by atoms with Crippen LogP contribution >= 0.6 is 0 Å². The number of benzene rings is 1. The van der Waals surface area contributed by atoms with Crippen LogP contribution in [0.2, 0.25) is 0 Å². The lowest BCUT2D eigenvalue weighted by Gasteiger charge is -2.08. The van der Waals surface area contributed by atoms with Crippen molar-refractivity contribution in [1.82, 2.24) is 20.2 Å². The predicted octanol–water partition coefficient (Wildman–Crippen LogP) is 0.149. The van der Waals surface area contributed by atoms with Gasteiger partial charge in [0.2, 0.25) is 5.91 Å². The van der Waals surface area contributed by atoms with Crippen molar-refractivity contribution in [2.45, 2.75) is 6.54 Å². The Kier molecular flexibility index (Phi) is 3.46. The van der Waals surface area contributed by atoms with E-state index < -0.39 is 23.3 Å². The summed E-state index contributed by atoms with van der Waals surface area (Å²) in [6.45, 7) is -0.206. The van der Waals surface area contributed by atoms with E-state index in [0.717, 1.165) is 10.7 Å². The molecule has 0 atom stereocenters. The zero-order valence-corrected chi connectivity index (χ0v) is 9.45. The van der Waals surface area contributed by atoms with Crippen LogP contribution in [0.1, 0.15) is 10.4 Å². The summed E-state index contributed by atoms with van der Waals surface area (Å²) in [6, 6.07) is 3.60. The minimum Gasteiger partial charge on any atom is -0.478 e. The first-order valence-electron chi connectivity index (χ1n) is 5.10. The number of nitrogens with zero attached hydrogens (tertiary/aromatic N) is 4. The Morgan fingerprint density at radius 2 is 2.21 bits per heavy atom. The molecule has 98 valence electrons. The second-order valence-electron chi connectivity index (χ2n) is 3.52. The van der Waals surface area contributed by atoms with Gasteiger partial charge in [-0.3, -0.25) is 4.79 Å². The molecule has 0 saturated heterocycles. The van der Waals surface area contributed by atoms with Crippen molar-refractivity contribution in [3.05, 3.63) is 35.9 Å². The molecule has 8 nitrogen and oxygen atoms in total. The van der Waals surface area contributed by atoms with Gasteiger partial charge >= 0.3 is 5.97 Å². The zero-order chi connectivity index (χ0) is 13.8. The van der Waals surface area contributed by atoms with Gasteiger partial charge in [0.15, 0.2) is 0 Å². The number of hydrogen-bond acceptors (Lipinski definition) is 5. The standard InChI is InChI=1S/C10H8FN5O3/c11-6-2-1-3-7(9(6)10(18)19)13-8(17)4-16-5-12-14-15-16/h1-3,5H,4H2,(H,13,17)(H,18,19). The van der Waals surface area contributed by atoms with E-state index in [2.05, 4.69) is 20.8 Å². The lowest BCUT2D eigenvalue weighted by molar-refractivity contribution is -0.116. The zero-order valence-electron chi connectivity index (χ0n) is 9.45. The summed E-state index contributed by atoms with van der Waals surface area (Å²) in [5.41, 5.74) is -0.710. The summed E-state index contributed by atoms with van der Waals surface area (Å²) in [4.78, 5) is 22.5. The van der Waals surface area contributed by atoms with E-state index in [0.29, 0.717) is 0 Å². The molecule has 0 radical (unpaired) electrons. The first-order valence-corrected chi connectivity index (χ1v) is 5.10. The molecule has 1 aromatic heterocycles. The van der Waals surface area contributed by atoms with Gasteiger partial charge in [0.1, 0.15) is 24.3 Å². The fraction of sp³-hybridized carbons (Fsp3) is 0.100. The van der Waals surface area contributed by atoms with Crippen LogP contribution in [0.25, 0.3) is 0 Å². The van der Waals surface area contributed by atoms with Crippen LogP contribution in [0.5, 0.6) is 0 Å². The van der Waals surface area contributed by atoms with Gasteiger partial charge in [-0.25, -0.2) is 13.9 Å². The van der Waals surface area contributed by atoms with Crippen molar-refractivity contribution in [1.29, 1.82) is 0 Å². The molecule has 1 heterocycles. The summed E-state index contributed by atoms with van der Waals surface area (Å²) in [5.74, 6) is -2.95. The van der Waals surface area contributed by atoms with Crippen molar-refractivity contribution in [2.75, 3.05) is 5.32 Å². The Bertz CT molecular complexity index is 614. The largest absolute Gasteiger partial charge is 0.478 e. The number of anilines is 1. The van der Waals surface area contributed by atoms with Crippen LogP contribution in [-0.2, 0) is 11.3 Å².